The van der Waals surface area contributed by atoms with Crippen LogP contribution in [0.5, 0.6) is 0 Å². The molecule has 0 atom stereocenters. The molecule has 0 aliphatic rings. The van der Waals surface area contributed by atoms with Gasteiger partial charge in [-0.25, -0.2) is 0 Å². The van der Waals surface area contributed by atoms with Gasteiger partial charge in [0.2, 0.25) is 0 Å². The third-order valence-electron chi connectivity index (χ3n) is 2.58. The lowest BCUT2D eigenvalue weighted by Crippen LogP contribution is -2.46. The Kier molecular flexibility index (Phi) is 7.20. The summed E-state index contributed by atoms with van der Waals surface area (Å²) in [5.74, 6) is 0. The molecule has 0 aliphatic carbocycles. The first-order chi connectivity index (χ1) is 6.52. The predicted octanol–water partition coefficient (Wildman–Crippen LogP) is 3.89. The first-order valence-corrected chi connectivity index (χ1v) is 9.33. The number of unbranched alkanes of at least 4 members (excludes halogenated alkanes) is 3. The highest BCUT2D eigenvalue weighted by Crippen LogP contribution is 2.11. The van der Waals surface area contributed by atoms with Crippen molar-refractivity contribution in [2.45, 2.75) is 52.2 Å². The van der Waals surface area contributed by atoms with Crippen molar-refractivity contribution in [3.05, 3.63) is 12.7 Å². The van der Waals surface area contributed by atoms with Crippen molar-refractivity contribution < 1.29 is 0 Å². The zero-order valence-corrected chi connectivity index (χ0v) is 11.5. The largest absolute Gasteiger partial charge is 0.321 e. The summed E-state index contributed by atoms with van der Waals surface area (Å²) >= 11 is 0. The summed E-state index contributed by atoms with van der Waals surface area (Å²) in [4.78, 5) is 0. The monoisotopic (exact) mass is 213 g/mol. The SMILES string of the molecule is C=CCN(CCCCCC)[Si](C)(C)C. The van der Waals surface area contributed by atoms with E-state index in [1.807, 2.05) is 6.08 Å². The molecule has 0 unspecified atom stereocenters. The van der Waals surface area contributed by atoms with Crippen LogP contribution >= 0.6 is 0 Å². The molecule has 14 heavy (non-hydrogen) atoms. The van der Waals surface area contributed by atoms with Crippen LogP contribution in [0.15, 0.2) is 12.7 Å². The summed E-state index contributed by atoms with van der Waals surface area (Å²) < 4.78 is 2.63. The molecular weight excluding hydrogens is 186 g/mol. The van der Waals surface area contributed by atoms with Gasteiger partial charge in [0.05, 0.1) is 0 Å². The molecule has 1 nitrogen and oxygen atoms in total. The lowest BCUT2D eigenvalue weighted by atomic mass is 10.2. The molecule has 0 fully saturated rings. The Balaban J connectivity index is 3.80. The number of hydrogen-bond donors (Lipinski definition) is 0. The maximum absolute atomic E-state index is 3.84. The molecule has 0 aromatic heterocycles. The predicted molar refractivity (Wildman–Crippen MR) is 69.3 cm³/mol. The van der Waals surface area contributed by atoms with Gasteiger partial charge in [-0.1, -0.05) is 51.9 Å². The molecule has 0 spiro atoms. The number of nitrogens with zero attached hydrogens (tertiary/aromatic N) is 1. The van der Waals surface area contributed by atoms with Crippen LogP contribution in [0.3, 0.4) is 0 Å². The summed E-state index contributed by atoms with van der Waals surface area (Å²) in [6, 6.07) is 0. The minimum absolute atomic E-state index is 1.07. The third-order valence-corrected chi connectivity index (χ3v) is 4.88. The van der Waals surface area contributed by atoms with E-state index in [1.165, 1.54) is 32.2 Å². The quantitative estimate of drug-likeness (QED) is 0.336. The lowest BCUT2D eigenvalue weighted by molar-refractivity contribution is 0.441. The summed E-state index contributed by atoms with van der Waals surface area (Å²) in [5, 5.41) is 0. The van der Waals surface area contributed by atoms with Crippen LogP contribution in [0.25, 0.3) is 0 Å². The van der Waals surface area contributed by atoms with Gasteiger partial charge < -0.3 is 4.57 Å². The van der Waals surface area contributed by atoms with Crippen molar-refractivity contribution in [1.29, 1.82) is 0 Å². The van der Waals surface area contributed by atoms with Gasteiger partial charge in [-0.15, -0.1) is 6.58 Å². The maximum atomic E-state index is 3.84. The molecule has 0 N–H and O–H groups in total. The average Bonchev–Trinajstić information content (AvgIpc) is 2.08. The van der Waals surface area contributed by atoms with Crippen molar-refractivity contribution in [2.24, 2.45) is 0 Å². The van der Waals surface area contributed by atoms with Crippen molar-refractivity contribution >= 4 is 8.24 Å². The minimum Gasteiger partial charge on any atom is -0.321 e. The van der Waals surface area contributed by atoms with Gasteiger partial charge in [-0.05, 0) is 13.0 Å². The fourth-order valence-corrected chi connectivity index (χ4v) is 3.09. The van der Waals surface area contributed by atoms with E-state index >= 15 is 0 Å². The summed E-state index contributed by atoms with van der Waals surface area (Å²) in [6.07, 6.45) is 7.49. The molecule has 0 saturated heterocycles. The number of hydrogen-bond acceptors (Lipinski definition) is 1. The van der Waals surface area contributed by atoms with Crippen molar-refractivity contribution in [3.63, 3.8) is 0 Å². The Morgan fingerprint density at radius 1 is 1.14 bits per heavy atom. The van der Waals surface area contributed by atoms with Gasteiger partial charge >= 0.3 is 0 Å². The topological polar surface area (TPSA) is 3.24 Å². The standard InChI is InChI=1S/C12H27NSi/c1-6-8-9-10-12-13(11-7-2)14(3,4)5/h7H,2,6,8-12H2,1,3-5H3. The average molecular weight is 213 g/mol. The summed E-state index contributed by atoms with van der Waals surface area (Å²) in [5.41, 5.74) is 0. The van der Waals surface area contributed by atoms with Gasteiger partial charge in [0, 0.05) is 6.54 Å². The van der Waals surface area contributed by atoms with E-state index in [0.29, 0.717) is 0 Å². The van der Waals surface area contributed by atoms with Crippen LogP contribution in [-0.4, -0.2) is 25.9 Å². The second-order valence-electron chi connectivity index (χ2n) is 4.97. The third kappa shape index (κ3) is 6.38. The Morgan fingerprint density at radius 3 is 2.21 bits per heavy atom. The van der Waals surface area contributed by atoms with E-state index in [4.69, 9.17) is 0 Å². The molecule has 0 aromatic rings. The van der Waals surface area contributed by atoms with Crippen molar-refractivity contribution in [1.82, 2.24) is 4.57 Å². The molecule has 0 radical (unpaired) electrons. The first-order valence-electron chi connectivity index (χ1n) is 5.88. The highest BCUT2D eigenvalue weighted by atomic mass is 28.3. The lowest BCUT2D eigenvalue weighted by Gasteiger charge is -2.33. The Hall–Kier alpha value is -0.0831. The fraction of sp³-hybridized carbons (Fsp3) is 0.833. The molecule has 0 amide bonds. The highest BCUT2D eigenvalue weighted by Gasteiger charge is 2.21. The molecule has 0 aromatic carbocycles. The molecule has 0 bridgehead atoms. The van der Waals surface area contributed by atoms with E-state index in [-0.39, 0.29) is 0 Å². The normalized spacial score (nSPS) is 12.1. The zero-order valence-electron chi connectivity index (χ0n) is 10.5. The molecule has 0 heterocycles. The first kappa shape index (κ1) is 13.9. The smallest absolute Gasteiger partial charge is 0.119 e. The Labute approximate surface area is 91.3 Å². The fourth-order valence-electron chi connectivity index (χ4n) is 1.59. The van der Waals surface area contributed by atoms with Crippen LogP contribution in [0, 0.1) is 0 Å². The van der Waals surface area contributed by atoms with E-state index in [1.54, 1.807) is 0 Å². The molecule has 84 valence electrons. The molecule has 2 heteroatoms. The van der Waals surface area contributed by atoms with E-state index in [9.17, 15) is 0 Å². The second-order valence-corrected chi connectivity index (χ2v) is 9.94. The van der Waals surface area contributed by atoms with Gasteiger partial charge in [0.25, 0.3) is 0 Å². The van der Waals surface area contributed by atoms with E-state index in [2.05, 4.69) is 37.7 Å². The van der Waals surface area contributed by atoms with E-state index in [0.717, 1.165) is 6.54 Å². The number of rotatable bonds is 8. The van der Waals surface area contributed by atoms with Crippen LogP contribution < -0.4 is 0 Å². The highest BCUT2D eigenvalue weighted by molar-refractivity contribution is 6.73. The molecule has 0 saturated carbocycles. The molecular formula is C12H27NSi. The van der Waals surface area contributed by atoms with Crippen LogP contribution in [-0.2, 0) is 0 Å². The minimum atomic E-state index is -1.11. The Morgan fingerprint density at radius 2 is 1.79 bits per heavy atom. The molecule has 0 aliphatic heterocycles. The zero-order chi connectivity index (χ0) is 11.0. The van der Waals surface area contributed by atoms with Crippen LogP contribution in [0.2, 0.25) is 19.6 Å². The Bertz CT molecular complexity index is 149. The van der Waals surface area contributed by atoms with Gasteiger partial charge in [0.1, 0.15) is 8.24 Å². The van der Waals surface area contributed by atoms with Gasteiger partial charge in [0.15, 0.2) is 0 Å². The van der Waals surface area contributed by atoms with Crippen molar-refractivity contribution in [2.75, 3.05) is 13.1 Å². The molecule has 0 rings (SSSR count). The van der Waals surface area contributed by atoms with E-state index < -0.39 is 8.24 Å². The summed E-state index contributed by atoms with van der Waals surface area (Å²) in [6.45, 7) is 15.7. The summed E-state index contributed by atoms with van der Waals surface area (Å²) in [7, 11) is -1.11. The van der Waals surface area contributed by atoms with Gasteiger partial charge in [-0.2, -0.15) is 0 Å². The second kappa shape index (κ2) is 7.24. The van der Waals surface area contributed by atoms with Crippen LogP contribution in [0.1, 0.15) is 32.6 Å². The van der Waals surface area contributed by atoms with Gasteiger partial charge in [-0.3, -0.25) is 0 Å². The van der Waals surface area contributed by atoms with Crippen LogP contribution in [0.4, 0.5) is 0 Å². The maximum Gasteiger partial charge on any atom is 0.119 e. The van der Waals surface area contributed by atoms with Crippen molar-refractivity contribution in [3.8, 4) is 0 Å².